The molecule has 0 radical (unpaired) electrons. The molecule has 0 spiro atoms. The molecule has 31 heavy (non-hydrogen) atoms. The van der Waals surface area contributed by atoms with E-state index in [1.54, 1.807) is 40.7 Å². The van der Waals surface area contributed by atoms with Crippen LogP contribution in [0.3, 0.4) is 0 Å². The third-order valence-corrected chi connectivity index (χ3v) is 4.26. The van der Waals surface area contributed by atoms with Gasteiger partial charge in [-0.05, 0) is 46.8 Å². The number of ether oxygens (including phenoxy) is 2. The van der Waals surface area contributed by atoms with Gasteiger partial charge >= 0.3 is 11.8 Å². The van der Waals surface area contributed by atoms with Gasteiger partial charge in [0, 0.05) is 17.7 Å². The Hall–Kier alpha value is -3.89. The van der Waals surface area contributed by atoms with Crippen molar-refractivity contribution in [1.82, 2.24) is 14.6 Å². The molecular weight excluding hydrogens is 404 g/mol. The lowest BCUT2D eigenvalue weighted by molar-refractivity contribution is -0.385. The largest absolute Gasteiger partial charge is 0.487 e. The Bertz CT molecular complexity index is 1150. The summed E-state index contributed by atoms with van der Waals surface area (Å²) in [5.41, 5.74) is 6.02. The molecule has 0 bridgehead atoms. The van der Waals surface area contributed by atoms with Crippen molar-refractivity contribution in [2.75, 3.05) is 17.2 Å². The van der Waals surface area contributed by atoms with Gasteiger partial charge in [0.1, 0.15) is 11.4 Å². The number of carbonyl (C=O) groups excluding carboxylic acids is 1. The van der Waals surface area contributed by atoms with E-state index in [4.69, 9.17) is 15.2 Å². The molecule has 0 aliphatic carbocycles. The van der Waals surface area contributed by atoms with Gasteiger partial charge in [0.15, 0.2) is 17.2 Å². The van der Waals surface area contributed by atoms with Gasteiger partial charge in [-0.15, -0.1) is 0 Å². The first-order chi connectivity index (χ1) is 14.5. The number of rotatable bonds is 5. The minimum absolute atomic E-state index is 0.0931. The molecule has 2 N–H and O–H groups in total. The molecule has 2 heterocycles. The highest BCUT2D eigenvalue weighted by Gasteiger charge is 2.31. The second kappa shape index (κ2) is 8.09. The number of hydrogen-bond acceptors (Lipinski definition) is 8. The SMILES string of the molecule is CCOc1ccc(N(C(=O)OC(C)(C)C)c2c(C)c(N)nc3ccnn23)cc1[N+](=O)[O-]. The van der Waals surface area contributed by atoms with Crippen molar-refractivity contribution in [3.05, 3.63) is 46.1 Å². The van der Waals surface area contributed by atoms with Gasteiger partial charge in [-0.1, -0.05) is 0 Å². The molecule has 2 aromatic heterocycles. The van der Waals surface area contributed by atoms with E-state index in [1.807, 2.05) is 0 Å². The number of amides is 1. The van der Waals surface area contributed by atoms with Crippen molar-refractivity contribution in [3.8, 4) is 5.75 Å². The van der Waals surface area contributed by atoms with Gasteiger partial charge in [0.05, 0.1) is 23.4 Å². The monoisotopic (exact) mass is 428 g/mol. The molecule has 0 fully saturated rings. The first-order valence-electron chi connectivity index (χ1n) is 9.57. The van der Waals surface area contributed by atoms with Crippen LogP contribution >= 0.6 is 0 Å². The van der Waals surface area contributed by atoms with Gasteiger partial charge in [0.2, 0.25) is 0 Å². The smallest absolute Gasteiger partial charge is 0.420 e. The Labute approximate surface area is 178 Å². The Kier molecular flexibility index (Phi) is 5.69. The van der Waals surface area contributed by atoms with E-state index in [0.29, 0.717) is 11.2 Å². The maximum atomic E-state index is 13.3. The average molecular weight is 428 g/mol. The summed E-state index contributed by atoms with van der Waals surface area (Å²) in [6, 6.07) is 5.86. The Morgan fingerprint density at radius 3 is 2.65 bits per heavy atom. The van der Waals surface area contributed by atoms with Crippen molar-refractivity contribution in [1.29, 1.82) is 0 Å². The van der Waals surface area contributed by atoms with Crippen LogP contribution in [0, 0.1) is 17.0 Å². The number of fused-ring (bicyclic) bond motifs is 1. The normalized spacial score (nSPS) is 11.4. The molecule has 0 atom stereocenters. The molecule has 0 saturated carbocycles. The number of nitro benzene ring substituents is 1. The number of benzene rings is 1. The lowest BCUT2D eigenvalue weighted by Crippen LogP contribution is -2.35. The summed E-state index contributed by atoms with van der Waals surface area (Å²) < 4.78 is 12.4. The second-order valence-electron chi connectivity index (χ2n) is 7.70. The molecule has 3 aromatic rings. The average Bonchev–Trinajstić information content (AvgIpc) is 3.12. The van der Waals surface area contributed by atoms with Gasteiger partial charge in [-0.2, -0.15) is 9.61 Å². The highest BCUT2D eigenvalue weighted by Crippen LogP contribution is 2.37. The lowest BCUT2D eigenvalue weighted by atomic mass is 10.2. The fourth-order valence-electron chi connectivity index (χ4n) is 2.97. The van der Waals surface area contributed by atoms with Crippen LogP contribution < -0.4 is 15.4 Å². The minimum Gasteiger partial charge on any atom is -0.487 e. The summed E-state index contributed by atoms with van der Waals surface area (Å²) in [6.07, 6.45) is 0.759. The quantitative estimate of drug-likeness (QED) is 0.475. The third kappa shape index (κ3) is 4.34. The van der Waals surface area contributed by atoms with Crippen LogP contribution in [-0.2, 0) is 4.74 Å². The number of aromatic nitrogens is 3. The standard InChI is InChI=1S/C20H24N6O5/c1-6-30-15-8-7-13(11-14(15)26(28)29)24(19(27)31-20(3,4)5)18-12(2)17(21)23-16-9-10-22-25(16)18/h7-11H,6H2,1-5H3,(H2,21,23). The zero-order valence-electron chi connectivity index (χ0n) is 17.9. The summed E-state index contributed by atoms with van der Waals surface area (Å²) in [6.45, 7) is 8.83. The highest BCUT2D eigenvalue weighted by molar-refractivity contribution is 5.97. The van der Waals surface area contributed by atoms with Crippen LogP contribution in [0.25, 0.3) is 5.65 Å². The molecule has 0 aliphatic rings. The number of anilines is 3. The Balaban J connectivity index is 2.28. The van der Waals surface area contributed by atoms with Crippen molar-refractivity contribution in [2.45, 2.75) is 40.2 Å². The maximum absolute atomic E-state index is 13.3. The molecule has 0 saturated heterocycles. The first kappa shape index (κ1) is 21.8. The molecule has 1 aromatic carbocycles. The predicted octanol–water partition coefficient (Wildman–Crippen LogP) is 4.00. The fraction of sp³-hybridized carbons (Fsp3) is 0.350. The van der Waals surface area contributed by atoms with Crippen LogP contribution in [0.4, 0.5) is 27.8 Å². The van der Waals surface area contributed by atoms with Crippen molar-refractivity contribution >= 4 is 34.8 Å². The van der Waals surface area contributed by atoms with Crippen LogP contribution in [0.5, 0.6) is 5.75 Å². The summed E-state index contributed by atoms with van der Waals surface area (Å²) in [5.74, 6) is 0.549. The number of nitro groups is 1. The van der Waals surface area contributed by atoms with E-state index >= 15 is 0 Å². The number of carbonyl (C=O) groups is 1. The van der Waals surface area contributed by atoms with Crippen molar-refractivity contribution < 1.29 is 19.2 Å². The van der Waals surface area contributed by atoms with Gasteiger partial charge in [-0.25, -0.2) is 14.7 Å². The number of nitrogens with two attached hydrogens (primary N) is 1. The van der Waals surface area contributed by atoms with Crippen molar-refractivity contribution in [3.63, 3.8) is 0 Å². The molecule has 0 aliphatic heterocycles. The summed E-state index contributed by atoms with van der Waals surface area (Å²) in [4.78, 5) is 29.8. The molecule has 0 unspecified atom stereocenters. The number of nitrogens with zero attached hydrogens (tertiary/aromatic N) is 5. The second-order valence-corrected chi connectivity index (χ2v) is 7.70. The Morgan fingerprint density at radius 1 is 1.32 bits per heavy atom. The van der Waals surface area contributed by atoms with Crippen LogP contribution in [0.2, 0.25) is 0 Å². The zero-order chi connectivity index (χ0) is 22.9. The predicted molar refractivity (Wildman–Crippen MR) is 115 cm³/mol. The number of nitrogen functional groups attached to an aromatic ring is 1. The molecule has 164 valence electrons. The Morgan fingerprint density at radius 2 is 2.03 bits per heavy atom. The molecule has 1 amide bonds. The third-order valence-electron chi connectivity index (χ3n) is 4.26. The summed E-state index contributed by atoms with van der Waals surface area (Å²) >= 11 is 0. The van der Waals surface area contributed by atoms with E-state index in [0.717, 1.165) is 0 Å². The van der Waals surface area contributed by atoms with E-state index in [1.165, 1.54) is 33.8 Å². The van der Waals surface area contributed by atoms with E-state index in [-0.39, 0.29) is 35.4 Å². The molecule has 11 heteroatoms. The van der Waals surface area contributed by atoms with Crippen molar-refractivity contribution in [2.24, 2.45) is 0 Å². The molecular formula is C20H24N6O5. The van der Waals surface area contributed by atoms with Gasteiger partial charge in [0.25, 0.3) is 0 Å². The van der Waals surface area contributed by atoms with Gasteiger partial charge < -0.3 is 15.2 Å². The van der Waals surface area contributed by atoms with Gasteiger partial charge in [-0.3, -0.25) is 10.1 Å². The van der Waals surface area contributed by atoms with E-state index in [2.05, 4.69) is 10.1 Å². The van der Waals surface area contributed by atoms with Crippen LogP contribution in [0.15, 0.2) is 30.5 Å². The topological polar surface area (TPSA) is 138 Å². The van der Waals surface area contributed by atoms with Crippen LogP contribution in [0.1, 0.15) is 33.3 Å². The fourth-order valence-corrected chi connectivity index (χ4v) is 2.97. The minimum atomic E-state index is -0.817. The molecule has 11 nitrogen and oxygen atoms in total. The first-order valence-corrected chi connectivity index (χ1v) is 9.57. The zero-order valence-corrected chi connectivity index (χ0v) is 17.9. The van der Waals surface area contributed by atoms with Crippen LogP contribution in [-0.4, -0.2) is 37.8 Å². The van der Waals surface area contributed by atoms with E-state index < -0.39 is 16.6 Å². The lowest BCUT2D eigenvalue weighted by Gasteiger charge is -2.28. The maximum Gasteiger partial charge on any atom is 0.420 e. The van der Waals surface area contributed by atoms with E-state index in [9.17, 15) is 14.9 Å². The molecule has 3 rings (SSSR count). The number of hydrogen-bond donors (Lipinski definition) is 1. The highest BCUT2D eigenvalue weighted by atomic mass is 16.6. The summed E-state index contributed by atoms with van der Waals surface area (Å²) in [5, 5.41) is 15.9. The summed E-state index contributed by atoms with van der Waals surface area (Å²) in [7, 11) is 0.